The Kier molecular flexibility index (Phi) is 5.86. The van der Waals surface area contributed by atoms with Crippen molar-refractivity contribution < 1.29 is 14.0 Å². The second-order valence-electron chi connectivity index (χ2n) is 6.74. The van der Waals surface area contributed by atoms with Gasteiger partial charge in [-0.1, -0.05) is 29.8 Å². The minimum absolute atomic E-state index is 0.160. The van der Waals surface area contributed by atoms with E-state index >= 15 is 0 Å². The molecule has 4 rings (SSSR count). The topological polar surface area (TPSA) is 89.2 Å². The van der Waals surface area contributed by atoms with E-state index in [4.69, 9.17) is 16.0 Å². The van der Waals surface area contributed by atoms with Crippen LogP contribution in [-0.4, -0.2) is 28.6 Å². The van der Waals surface area contributed by atoms with Crippen LogP contribution >= 0.6 is 11.6 Å². The van der Waals surface area contributed by atoms with Crippen molar-refractivity contribution in [3.05, 3.63) is 94.8 Å². The van der Waals surface area contributed by atoms with E-state index in [1.54, 1.807) is 72.6 Å². The van der Waals surface area contributed by atoms with Gasteiger partial charge in [0.15, 0.2) is 11.5 Å². The first-order chi connectivity index (χ1) is 15.0. The lowest BCUT2D eigenvalue weighted by Gasteiger charge is -2.06. The quantitative estimate of drug-likeness (QED) is 0.478. The number of nitrogens with one attached hydrogen (secondary N) is 2. The molecule has 0 fully saturated rings. The van der Waals surface area contributed by atoms with Crippen molar-refractivity contribution in [1.82, 2.24) is 20.4 Å². The van der Waals surface area contributed by atoms with Crippen LogP contribution in [0.1, 0.15) is 26.4 Å². The van der Waals surface area contributed by atoms with E-state index in [0.717, 1.165) is 5.56 Å². The van der Waals surface area contributed by atoms with Gasteiger partial charge in [0.2, 0.25) is 0 Å². The normalized spacial score (nSPS) is 10.6. The van der Waals surface area contributed by atoms with Crippen LogP contribution in [0, 0.1) is 0 Å². The number of aromatic nitrogens is 2. The highest BCUT2D eigenvalue weighted by Gasteiger charge is 2.18. The second-order valence-corrected chi connectivity index (χ2v) is 7.18. The Morgan fingerprint density at radius 2 is 1.84 bits per heavy atom. The molecule has 0 saturated heterocycles. The third-order valence-corrected chi connectivity index (χ3v) is 4.90. The zero-order chi connectivity index (χ0) is 21.8. The summed E-state index contributed by atoms with van der Waals surface area (Å²) in [6, 6.07) is 19.4. The minimum atomic E-state index is -0.330. The molecule has 0 atom stereocenters. The number of halogens is 1. The summed E-state index contributed by atoms with van der Waals surface area (Å²) < 4.78 is 7.14. The number of benzene rings is 2. The molecule has 0 saturated carbocycles. The lowest BCUT2D eigenvalue weighted by molar-refractivity contribution is 0.0941. The maximum absolute atomic E-state index is 12.8. The average Bonchev–Trinajstić information content (AvgIpc) is 3.47. The number of hydrogen-bond donors (Lipinski definition) is 2. The monoisotopic (exact) mass is 434 g/mol. The van der Waals surface area contributed by atoms with Gasteiger partial charge < -0.3 is 15.1 Å². The summed E-state index contributed by atoms with van der Waals surface area (Å²) in [6.07, 6.45) is 1.56. The van der Waals surface area contributed by atoms with Gasteiger partial charge in [-0.25, -0.2) is 4.68 Å². The van der Waals surface area contributed by atoms with Crippen LogP contribution in [0.5, 0.6) is 0 Å². The fraction of sp³-hybridized carbons (Fsp3) is 0.0870. The predicted molar refractivity (Wildman–Crippen MR) is 117 cm³/mol. The summed E-state index contributed by atoms with van der Waals surface area (Å²) >= 11 is 6.13. The summed E-state index contributed by atoms with van der Waals surface area (Å²) in [5, 5.41) is 10.5. The van der Waals surface area contributed by atoms with Gasteiger partial charge in [0.05, 0.1) is 12.0 Å². The average molecular weight is 435 g/mol. The van der Waals surface area contributed by atoms with Gasteiger partial charge in [-0.2, -0.15) is 5.10 Å². The Bertz CT molecular complexity index is 1210. The van der Waals surface area contributed by atoms with E-state index in [-0.39, 0.29) is 17.5 Å². The van der Waals surface area contributed by atoms with Crippen molar-refractivity contribution in [3.8, 4) is 17.1 Å². The molecule has 2 N–H and O–H groups in total. The number of carbonyl (C=O) groups excluding carboxylic acids is 2. The zero-order valence-electron chi connectivity index (χ0n) is 16.6. The molecule has 2 heterocycles. The van der Waals surface area contributed by atoms with Crippen LogP contribution in [0.3, 0.4) is 0 Å². The van der Waals surface area contributed by atoms with Crippen molar-refractivity contribution >= 4 is 23.4 Å². The molecule has 0 bridgehead atoms. The maximum Gasteiger partial charge on any atom is 0.272 e. The smallest absolute Gasteiger partial charge is 0.272 e. The lowest BCUT2D eigenvalue weighted by atomic mass is 10.1. The van der Waals surface area contributed by atoms with Crippen molar-refractivity contribution in [2.75, 3.05) is 7.05 Å². The van der Waals surface area contributed by atoms with E-state index in [1.165, 1.54) is 0 Å². The van der Waals surface area contributed by atoms with Crippen molar-refractivity contribution in [2.24, 2.45) is 0 Å². The summed E-state index contributed by atoms with van der Waals surface area (Å²) in [5.74, 6) is 0.0906. The van der Waals surface area contributed by atoms with Crippen LogP contribution in [0.2, 0.25) is 5.02 Å². The standard InChI is InChI=1S/C23H19ClN4O3/c1-25-22(29)16-9-7-15(8-10-16)14-26-23(30)19-13-20(21-6-3-11-31-21)28(27-19)18-5-2-4-17(24)12-18/h2-13H,14H2,1H3,(H,25,29)(H,26,30). The molecule has 0 radical (unpaired) electrons. The molecule has 0 spiro atoms. The number of amides is 2. The number of nitrogens with zero attached hydrogens (tertiary/aromatic N) is 2. The molecular formula is C23H19ClN4O3. The molecule has 8 heteroatoms. The van der Waals surface area contributed by atoms with Crippen molar-refractivity contribution in [1.29, 1.82) is 0 Å². The Hall–Kier alpha value is -3.84. The van der Waals surface area contributed by atoms with Gasteiger partial charge in [0, 0.05) is 30.2 Å². The molecule has 4 aromatic rings. The molecule has 0 unspecified atom stereocenters. The van der Waals surface area contributed by atoms with Gasteiger partial charge in [0.25, 0.3) is 11.8 Å². The Labute approximate surface area is 183 Å². The lowest BCUT2D eigenvalue weighted by Crippen LogP contribution is -2.23. The first-order valence-electron chi connectivity index (χ1n) is 9.54. The Morgan fingerprint density at radius 3 is 2.52 bits per heavy atom. The van der Waals surface area contributed by atoms with E-state index < -0.39 is 0 Å². The van der Waals surface area contributed by atoms with E-state index in [0.29, 0.717) is 34.3 Å². The Morgan fingerprint density at radius 1 is 1.03 bits per heavy atom. The van der Waals surface area contributed by atoms with Gasteiger partial charge >= 0.3 is 0 Å². The third kappa shape index (κ3) is 4.51. The van der Waals surface area contributed by atoms with Gasteiger partial charge in [0.1, 0.15) is 5.69 Å². The summed E-state index contributed by atoms with van der Waals surface area (Å²) in [6.45, 7) is 0.299. The molecule has 0 aliphatic carbocycles. The second kappa shape index (κ2) is 8.89. The molecular weight excluding hydrogens is 416 g/mol. The Balaban J connectivity index is 1.56. The van der Waals surface area contributed by atoms with Gasteiger partial charge in [-0.3, -0.25) is 9.59 Å². The molecule has 0 aliphatic rings. The first kappa shape index (κ1) is 20.4. The van der Waals surface area contributed by atoms with E-state index in [1.807, 2.05) is 12.1 Å². The molecule has 2 aromatic carbocycles. The minimum Gasteiger partial charge on any atom is -0.463 e. The van der Waals surface area contributed by atoms with Crippen LogP contribution in [0.15, 0.2) is 77.4 Å². The number of rotatable bonds is 6. The summed E-state index contributed by atoms with van der Waals surface area (Å²) in [4.78, 5) is 24.4. The fourth-order valence-corrected chi connectivity index (χ4v) is 3.27. The highest BCUT2D eigenvalue weighted by Crippen LogP contribution is 2.25. The maximum atomic E-state index is 12.8. The fourth-order valence-electron chi connectivity index (χ4n) is 3.09. The number of carbonyl (C=O) groups is 2. The molecule has 2 aromatic heterocycles. The molecule has 2 amide bonds. The number of hydrogen-bond acceptors (Lipinski definition) is 4. The van der Waals surface area contributed by atoms with Crippen molar-refractivity contribution in [2.45, 2.75) is 6.54 Å². The predicted octanol–water partition coefficient (Wildman–Crippen LogP) is 4.08. The SMILES string of the molecule is CNC(=O)c1ccc(CNC(=O)c2cc(-c3ccco3)n(-c3cccc(Cl)c3)n2)cc1. The largest absolute Gasteiger partial charge is 0.463 e. The molecule has 31 heavy (non-hydrogen) atoms. The van der Waals surface area contributed by atoms with Crippen LogP contribution in [0.25, 0.3) is 17.1 Å². The molecule has 156 valence electrons. The zero-order valence-corrected chi connectivity index (χ0v) is 17.4. The van der Waals surface area contributed by atoms with Crippen LogP contribution < -0.4 is 10.6 Å². The van der Waals surface area contributed by atoms with Gasteiger partial charge in [-0.05, 0) is 48.0 Å². The van der Waals surface area contributed by atoms with Crippen LogP contribution in [0.4, 0.5) is 0 Å². The summed E-state index contributed by atoms with van der Waals surface area (Å²) in [5.41, 5.74) is 3.01. The third-order valence-electron chi connectivity index (χ3n) is 4.66. The first-order valence-corrected chi connectivity index (χ1v) is 9.92. The van der Waals surface area contributed by atoms with Crippen molar-refractivity contribution in [3.63, 3.8) is 0 Å². The van der Waals surface area contributed by atoms with E-state index in [2.05, 4.69) is 15.7 Å². The van der Waals surface area contributed by atoms with Crippen LogP contribution in [-0.2, 0) is 6.54 Å². The highest BCUT2D eigenvalue weighted by atomic mass is 35.5. The van der Waals surface area contributed by atoms with Gasteiger partial charge in [-0.15, -0.1) is 0 Å². The highest BCUT2D eigenvalue weighted by molar-refractivity contribution is 6.30. The number of furan rings is 1. The summed E-state index contributed by atoms with van der Waals surface area (Å²) in [7, 11) is 1.58. The van der Waals surface area contributed by atoms with E-state index in [9.17, 15) is 9.59 Å². The molecule has 7 nitrogen and oxygen atoms in total. The molecule has 0 aliphatic heterocycles.